The predicted molar refractivity (Wildman–Crippen MR) is 190 cm³/mol. The van der Waals surface area contributed by atoms with Crippen molar-refractivity contribution in [2.24, 2.45) is 23.7 Å². The summed E-state index contributed by atoms with van der Waals surface area (Å²) in [6.07, 6.45) is 8.47. The molecule has 2 aliphatic carbocycles. The Morgan fingerprint density at radius 1 is 0.962 bits per heavy atom. The van der Waals surface area contributed by atoms with Crippen LogP contribution in [-0.4, -0.2) is 94.9 Å². The highest BCUT2D eigenvalue weighted by Crippen LogP contribution is 2.47. The number of nitrogens with zero attached hydrogens (tertiary/aromatic N) is 3. The number of rotatable bonds is 5. The van der Waals surface area contributed by atoms with Crippen molar-refractivity contribution in [2.45, 2.75) is 114 Å². The Balaban J connectivity index is 1.16. The lowest BCUT2D eigenvalue weighted by atomic mass is 9.92. The SMILES string of the molecule is CC(C)(C)OC(=O)C[C@@H]1CCCCC/C=C\[C@@H]2C[C@@]2(C(=O)NS(=O)(=O)C2CC2)NC(=O)[C@@H]2[C@H]3CN(C(=O)N4Cc5ccccc5C4)C[C@H]3CN2C1=O. The Morgan fingerprint density at radius 2 is 1.67 bits per heavy atom. The standard InChI is InChI=1S/C38H51N5O8S/c1-37(2,3)51-31(44)17-24-11-7-5-4-6-8-14-28-18-38(28,35(47)40-52(49,50)29-15-16-29)39-33(45)32-30-23-42(21-27(30)22-43(32)34(24)46)36(48)41-19-25-12-9-10-13-26(25)20-41/h8-10,12-14,24,27-30,32H,4-7,11,15-23H2,1-3H3,(H,39,45)(H,40,47)/b14-8-/t24-,27-,28+,30-,32-,38+/m0/s1. The first-order valence-corrected chi connectivity index (χ1v) is 20.4. The average Bonchev–Trinajstić information content (AvgIpc) is 3.91. The summed E-state index contributed by atoms with van der Waals surface area (Å²) in [6.45, 7) is 7.15. The largest absolute Gasteiger partial charge is 0.460 e. The van der Waals surface area contributed by atoms with Crippen molar-refractivity contribution < 1.29 is 37.1 Å². The Labute approximate surface area is 305 Å². The first kappa shape index (κ1) is 36.4. The van der Waals surface area contributed by atoms with Gasteiger partial charge in [-0.25, -0.2) is 13.2 Å². The Hall–Kier alpha value is -3.94. The smallest absolute Gasteiger partial charge is 0.320 e. The van der Waals surface area contributed by atoms with Crippen molar-refractivity contribution in [3.63, 3.8) is 0 Å². The molecule has 1 aromatic carbocycles. The minimum Gasteiger partial charge on any atom is -0.460 e. The molecule has 13 nitrogen and oxygen atoms in total. The number of benzene rings is 1. The molecule has 2 saturated carbocycles. The molecule has 0 unspecified atom stereocenters. The highest BCUT2D eigenvalue weighted by atomic mass is 32.2. The number of allylic oxidation sites excluding steroid dienone is 1. The molecule has 0 bridgehead atoms. The zero-order chi connectivity index (χ0) is 37.0. The van der Waals surface area contributed by atoms with Crippen LogP contribution in [0.15, 0.2) is 36.4 Å². The number of fused-ring (bicyclic) bond motifs is 5. The lowest BCUT2D eigenvalue weighted by Crippen LogP contribution is -2.58. The van der Waals surface area contributed by atoms with Gasteiger partial charge < -0.3 is 24.8 Å². The fraction of sp³-hybridized carbons (Fsp3) is 0.658. The van der Waals surface area contributed by atoms with E-state index in [1.165, 1.54) is 0 Å². The second-order valence-corrected chi connectivity index (χ2v) is 18.6. The summed E-state index contributed by atoms with van der Waals surface area (Å²) in [5.41, 5.74) is -0.00282. The topological polar surface area (TPSA) is 162 Å². The second kappa shape index (κ2) is 13.8. The van der Waals surface area contributed by atoms with Crippen molar-refractivity contribution >= 4 is 39.7 Å². The van der Waals surface area contributed by atoms with Gasteiger partial charge in [0.15, 0.2) is 0 Å². The third kappa shape index (κ3) is 7.45. The summed E-state index contributed by atoms with van der Waals surface area (Å²) < 4.78 is 33.6. The highest BCUT2D eigenvalue weighted by Gasteiger charge is 2.63. The van der Waals surface area contributed by atoms with E-state index in [4.69, 9.17) is 4.74 Å². The summed E-state index contributed by atoms with van der Waals surface area (Å²) >= 11 is 0. The quantitative estimate of drug-likeness (QED) is 0.344. The second-order valence-electron chi connectivity index (χ2n) is 16.7. The lowest BCUT2D eigenvalue weighted by molar-refractivity contribution is -0.159. The van der Waals surface area contributed by atoms with Crippen LogP contribution in [0.4, 0.5) is 4.79 Å². The molecule has 1 aromatic rings. The molecule has 7 rings (SSSR count). The maximum absolute atomic E-state index is 14.6. The molecule has 0 spiro atoms. The molecule has 4 fully saturated rings. The van der Waals surface area contributed by atoms with Gasteiger partial charge in [-0.15, -0.1) is 0 Å². The van der Waals surface area contributed by atoms with Crippen LogP contribution < -0.4 is 10.0 Å². The van der Waals surface area contributed by atoms with Crippen LogP contribution in [0.2, 0.25) is 0 Å². The number of hydrogen-bond donors (Lipinski definition) is 2. The number of nitrogens with one attached hydrogen (secondary N) is 2. The summed E-state index contributed by atoms with van der Waals surface area (Å²) in [4.78, 5) is 75.0. The van der Waals surface area contributed by atoms with Gasteiger partial charge in [-0.3, -0.25) is 23.9 Å². The molecule has 6 atom stereocenters. The highest BCUT2D eigenvalue weighted by molar-refractivity contribution is 7.91. The zero-order valence-electron chi connectivity index (χ0n) is 30.3. The molecule has 2 N–H and O–H groups in total. The van der Waals surface area contributed by atoms with Gasteiger partial charge in [0.25, 0.3) is 5.91 Å². The molecular formula is C38H51N5O8S. The lowest BCUT2D eigenvalue weighted by Gasteiger charge is -2.33. The van der Waals surface area contributed by atoms with E-state index in [1.54, 1.807) is 35.5 Å². The van der Waals surface area contributed by atoms with Crippen LogP contribution in [0.3, 0.4) is 0 Å². The van der Waals surface area contributed by atoms with E-state index in [0.717, 1.165) is 30.4 Å². The maximum Gasteiger partial charge on any atom is 0.320 e. The fourth-order valence-corrected chi connectivity index (χ4v) is 9.98. The van der Waals surface area contributed by atoms with Crippen LogP contribution in [0.5, 0.6) is 0 Å². The number of amides is 5. The molecule has 6 aliphatic rings. The number of likely N-dealkylation sites (tertiary alicyclic amines) is 1. The number of ether oxygens (including phenoxy) is 1. The molecule has 0 aromatic heterocycles. The molecule has 5 amide bonds. The van der Waals surface area contributed by atoms with Crippen molar-refractivity contribution in [3.05, 3.63) is 47.5 Å². The van der Waals surface area contributed by atoms with E-state index in [0.29, 0.717) is 45.3 Å². The van der Waals surface area contributed by atoms with E-state index >= 15 is 0 Å². The van der Waals surface area contributed by atoms with Gasteiger partial charge in [0.1, 0.15) is 17.2 Å². The van der Waals surface area contributed by atoms with Gasteiger partial charge >= 0.3 is 12.0 Å². The molecule has 52 heavy (non-hydrogen) atoms. The Morgan fingerprint density at radius 3 is 2.35 bits per heavy atom. The minimum absolute atomic E-state index is 0.121. The van der Waals surface area contributed by atoms with E-state index < -0.39 is 68.0 Å². The van der Waals surface area contributed by atoms with Crippen LogP contribution >= 0.6 is 0 Å². The van der Waals surface area contributed by atoms with Gasteiger partial charge in [0.05, 0.1) is 11.7 Å². The van der Waals surface area contributed by atoms with Crippen LogP contribution in [0.25, 0.3) is 0 Å². The number of carbonyl (C=O) groups is 5. The van der Waals surface area contributed by atoms with Crippen molar-refractivity contribution in [1.82, 2.24) is 24.7 Å². The minimum atomic E-state index is -3.88. The molecule has 4 heterocycles. The van der Waals surface area contributed by atoms with E-state index in [9.17, 15) is 32.4 Å². The van der Waals surface area contributed by atoms with Crippen molar-refractivity contribution in [1.29, 1.82) is 0 Å². The fourth-order valence-electron chi connectivity index (χ4n) is 8.61. The van der Waals surface area contributed by atoms with Crippen LogP contribution in [-0.2, 0) is 47.0 Å². The molecule has 4 aliphatic heterocycles. The number of carbonyl (C=O) groups excluding carboxylic acids is 5. The summed E-state index contributed by atoms with van der Waals surface area (Å²) in [7, 11) is -3.88. The van der Waals surface area contributed by atoms with Gasteiger partial charge in [-0.2, -0.15) is 0 Å². The third-order valence-electron chi connectivity index (χ3n) is 11.5. The predicted octanol–water partition coefficient (Wildman–Crippen LogP) is 3.23. The number of sulfonamides is 1. The van der Waals surface area contributed by atoms with Gasteiger partial charge in [-0.1, -0.05) is 49.3 Å². The van der Waals surface area contributed by atoms with Gasteiger partial charge in [0.2, 0.25) is 21.8 Å². The Kier molecular flexibility index (Phi) is 9.66. The zero-order valence-corrected chi connectivity index (χ0v) is 31.2. The first-order chi connectivity index (χ1) is 24.6. The normalized spacial score (nSPS) is 31.3. The van der Waals surface area contributed by atoms with Gasteiger partial charge in [-0.05, 0) is 70.4 Å². The summed E-state index contributed by atoms with van der Waals surface area (Å²) in [5.74, 6) is -3.85. The first-order valence-electron chi connectivity index (χ1n) is 18.8. The number of hydrogen-bond acceptors (Lipinski definition) is 8. The van der Waals surface area contributed by atoms with Gasteiger partial charge in [0, 0.05) is 56.4 Å². The monoisotopic (exact) mass is 737 g/mol. The van der Waals surface area contributed by atoms with Crippen LogP contribution in [0.1, 0.15) is 89.7 Å². The number of esters is 1. The van der Waals surface area contributed by atoms with E-state index in [2.05, 4.69) is 10.0 Å². The van der Waals surface area contributed by atoms with Crippen LogP contribution in [0, 0.1) is 23.7 Å². The van der Waals surface area contributed by atoms with E-state index in [-0.39, 0.29) is 43.8 Å². The summed E-state index contributed by atoms with van der Waals surface area (Å²) in [5, 5.41) is 2.34. The maximum atomic E-state index is 14.6. The summed E-state index contributed by atoms with van der Waals surface area (Å²) in [6, 6.07) is 6.79. The molecule has 14 heteroatoms. The average molecular weight is 738 g/mol. The van der Waals surface area contributed by atoms with Crippen molar-refractivity contribution in [3.8, 4) is 0 Å². The molecule has 2 saturated heterocycles. The Bertz CT molecular complexity index is 1740. The molecular weight excluding hydrogens is 687 g/mol. The number of urea groups is 1. The van der Waals surface area contributed by atoms with E-state index in [1.807, 2.05) is 36.4 Å². The molecule has 282 valence electrons. The van der Waals surface area contributed by atoms with Crippen molar-refractivity contribution in [2.75, 3.05) is 19.6 Å². The third-order valence-corrected chi connectivity index (χ3v) is 13.4. The molecule has 0 radical (unpaired) electrons.